The molecular weight excluding hydrogens is 423 g/mol. The maximum absolute atomic E-state index is 13.5. The summed E-state index contributed by atoms with van der Waals surface area (Å²) in [6.45, 7) is 0. The zero-order valence-electron chi connectivity index (χ0n) is 16.2. The molecule has 31 heavy (non-hydrogen) atoms. The van der Waals surface area contributed by atoms with Crippen LogP contribution in [0.25, 0.3) is 5.69 Å². The molecule has 1 aromatic heterocycles. The highest BCUT2D eigenvalue weighted by Crippen LogP contribution is 2.24. The van der Waals surface area contributed by atoms with Crippen LogP contribution in [0.3, 0.4) is 0 Å². The Balaban J connectivity index is 1.64. The van der Waals surface area contributed by atoms with Gasteiger partial charge in [-0.05, 0) is 54.8 Å². The SMILES string of the molecule is O=C(NS(=O)(=O)c1ccc2c(c1)C(=O)CCC2)c1ccc(=O)n(-c2cccc(F)c2)c1. The minimum atomic E-state index is -4.26. The van der Waals surface area contributed by atoms with Crippen molar-refractivity contribution in [2.24, 2.45) is 0 Å². The van der Waals surface area contributed by atoms with E-state index in [0.717, 1.165) is 34.9 Å². The van der Waals surface area contributed by atoms with E-state index in [4.69, 9.17) is 0 Å². The number of benzene rings is 2. The summed E-state index contributed by atoms with van der Waals surface area (Å²) in [7, 11) is -4.26. The van der Waals surface area contributed by atoms with Gasteiger partial charge in [0.25, 0.3) is 21.5 Å². The van der Waals surface area contributed by atoms with Crippen molar-refractivity contribution in [2.75, 3.05) is 0 Å². The lowest BCUT2D eigenvalue weighted by Crippen LogP contribution is -2.32. The number of sulfonamides is 1. The van der Waals surface area contributed by atoms with Crippen LogP contribution in [0.2, 0.25) is 0 Å². The van der Waals surface area contributed by atoms with Crippen molar-refractivity contribution < 1.29 is 22.4 Å². The average molecular weight is 440 g/mol. The molecule has 1 heterocycles. The number of aryl methyl sites for hydroxylation is 1. The van der Waals surface area contributed by atoms with Crippen LogP contribution in [-0.4, -0.2) is 24.7 Å². The van der Waals surface area contributed by atoms with Crippen molar-refractivity contribution in [1.29, 1.82) is 0 Å². The van der Waals surface area contributed by atoms with Gasteiger partial charge in [0.1, 0.15) is 5.82 Å². The van der Waals surface area contributed by atoms with Crippen molar-refractivity contribution in [3.63, 3.8) is 0 Å². The van der Waals surface area contributed by atoms with E-state index in [1.807, 2.05) is 4.72 Å². The number of nitrogens with one attached hydrogen (secondary N) is 1. The molecule has 1 aliphatic rings. The molecule has 0 aliphatic heterocycles. The third kappa shape index (κ3) is 4.17. The fourth-order valence-corrected chi connectivity index (χ4v) is 4.46. The molecule has 4 rings (SSSR count). The molecule has 3 aromatic rings. The number of aromatic nitrogens is 1. The number of carbonyl (C=O) groups is 2. The van der Waals surface area contributed by atoms with Gasteiger partial charge in [0.2, 0.25) is 0 Å². The Labute approximate surface area is 177 Å². The van der Waals surface area contributed by atoms with Gasteiger partial charge in [-0.1, -0.05) is 12.1 Å². The number of fused-ring (bicyclic) bond motifs is 1. The van der Waals surface area contributed by atoms with Gasteiger partial charge >= 0.3 is 0 Å². The van der Waals surface area contributed by atoms with E-state index in [-0.39, 0.29) is 21.9 Å². The van der Waals surface area contributed by atoms with Gasteiger partial charge in [-0.15, -0.1) is 0 Å². The van der Waals surface area contributed by atoms with Gasteiger partial charge < -0.3 is 0 Å². The highest BCUT2D eigenvalue weighted by Gasteiger charge is 2.24. The Morgan fingerprint density at radius 1 is 1.00 bits per heavy atom. The van der Waals surface area contributed by atoms with Crippen LogP contribution in [0.1, 0.15) is 39.1 Å². The molecule has 1 N–H and O–H groups in total. The Kier molecular flexibility index (Phi) is 5.28. The second kappa shape index (κ2) is 7.92. The summed E-state index contributed by atoms with van der Waals surface area (Å²) in [6.07, 6.45) is 2.90. The quantitative estimate of drug-likeness (QED) is 0.672. The molecule has 0 bridgehead atoms. The fraction of sp³-hybridized carbons (Fsp3) is 0.136. The summed E-state index contributed by atoms with van der Waals surface area (Å²) in [6, 6.07) is 11.7. The third-order valence-corrected chi connectivity index (χ3v) is 6.36. The molecule has 0 fully saturated rings. The number of amides is 1. The van der Waals surface area contributed by atoms with E-state index in [9.17, 15) is 27.2 Å². The summed E-state index contributed by atoms with van der Waals surface area (Å²) in [5, 5.41) is 0. The predicted molar refractivity (Wildman–Crippen MR) is 110 cm³/mol. The van der Waals surface area contributed by atoms with Crippen LogP contribution in [0.5, 0.6) is 0 Å². The monoisotopic (exact) mass is 440 g/mol. The molecule has 1 aliphatic carbocycles. The Bertz CT molecular complexity index is 1380. The molecule has 1 amide bonds. The maximum atomic E-state index is 13.5. The van der Waals surface area contributed by atoms with Crippen LogP contribution in [0, 0.1) is 5.82 Å². The van der Waals surface area contributed by atoms with Crippen molar-refractivity contribution in [3.05, 3.63) is 93.7 Å². The highest BCUT2D eigenvalue weighted by molar-refractivity contribution is 7.90. The van der Waals surface area contributed by atoms with Crippen molar-refractivity contribution in [3.8, 4) is 5.69 Å². The second-order valence-electron chi connectivity index (χ2n) is 7.14. The largest absolute Gasteiger partial charge is 0.294 e. The first-order chi connectivity index (χ1) is 14.7. The van der Waals surface area contributed by atoms with E-state index in [0.29, 0.717) is 18.4 Å². The number of carbonyl (C=O) groups excluding carboxylic acids is 2. The molecule has 9 heteroatoms. The lowest BCUT2D eigenvalue weighted by molar-refractivity contribution is 0.0968. The molecule has 0 saturated carbocycles. The van der Waals surface area contributed by atoms with Gasteiger partial charge in [-0.3, -0.25) is 19.0 Å². The first-order valence-electron chi connectivity index (χ1n) is 9.46. The lowest BCUT2D eigenvalue weighted by atomic mass is 9.91. The van der Waals surface area contributed by atoms with Gasteiger partial charge in [0, 0.05) is 24.2 Å². The number of rotatable bonds is 4. The zero-order valence-corrected chi connectivity index (χ0v) is 17.0. The summed E-state index contributed by atoms with van der Waals surface area (Å²) in [4.78, 5) is 36.6. The van der Waals surface area contributed by atoms with E-state index < -0.39 is 27.3 Å². The first-order valence-corrected chi connectivity index (χ1v) is 10.9. The molecule has 0 radical (unpaired) electrons. The smallest absolute Gasteiger partial charge is 0.266 e. The fourth-order valence-electron chi connectivity index (χ4n) is 3.46. The van der Waals surface area contributed by atoms with E-state index in [1.54, 1.807) is 6.07 Å². The lowest BCUT2D eigenvalue weighted by Gasteiger charge is -2.16. The van der Waals surface area contributed by atoms with Crippen molar-refractivity contribution in [2.45, 2.75) is 24.2 Å². The average Bonchev–Trinajstić information content (AvgIpc) is 2.73. The van der Waals surface area contributed by atoms with Gasteiger partial charge in [-0.25, -0.2) is 17.5 Å². The first kappa shape index (κ1) is 20.7. The number of Topliss-reactive ketones (excluding diaryl/α,β-unsaturated/α-hetero) is 1. The molecular formula is C22H17FN2O5S. The zero-order chi connectivity index (χ0) is 22.2. The van der Waals surface area contributed by atoms with Crippen LogP contribution in [-0.2, 0) is 16.4 Å². The Hall–Kier alpha value is -3.59. The molecule has 7 nitrogen and oxygen atoms in total. The number of pyridine rings is 1. The standard InChI is InChI=1S/C22H17FN2O5S/c23-16-4-2-5-17(11-16)25-13-15(8-10-21(25)27)22(28)24-31(29,30)18-9-7-14-3-1-6-20(26)19(14)12-18/h2,4-5,7-13H,1,3,6H2,(H,24,28). The highest BCUT2D eigenvalue weighted by atomic mass is 32.2. The number of halogens is 1. The minimum Gasteiger partial charge on any atom is -0.294 e. The Morgan fingerprint density at radius 3 is 2.58 bits per heavy atom. The summed E-state index contributed by atoms with van der Waals surface area (Å²) < 4.78 is 41.9. The second-order valence-corrected chi connectivity index (χ2v) is 8.82. The molecule has 0 saturated heterocycles. The van der Waals surface area contributed by atoms with Crippen molar-refractivity contribution in [1.82, 2.24) is 9.29 Å². The third-order valence-electron chi connectivity index (χ3n) is 5.03. The van der Waals surface area contributed by atoms with Crippen LogP contribution in [0.15, 0.2) is 70.5 Å². The summed E-state index contributed by atoms with van der Waals surface area (Å²) in [5.74, 6) is -1.66. The Morgan fingerprint density at radius 2 is 1.81 bits per heavy atom. The van der Waals surface area contributed by atoms with E-state index in [1.165, 1.54) is 36.4 Å². The summed E-state index contributed by atoms with van der Waals surface area (Å²) >= 11 is 0. The van der Waals surface area contributed by atoms with E-state index >= 15 is 0 Å². The van der Waals surface area contributed by atoms with E-state index in [2.05, 4.69) is 0 Å². The molecule has 2 aromatic carbocycles. The van der Waals surface area contributed by atoms with Gasteiger partial charge in [0.05, 0.1) is 16.1 Å². The normalized spacial score (nSPS) is 13.5. The van der Waals surface area contributed by atoms with Gasteiger partial charge in [-0.2, -0.15) is 0 Å². The number of ketones is 1. The summed E-state index contributed by atoms with van der Waals surface area (Å²) in [5.41, 5.74) is 0.695. The van der Waals surface area contributed by atoms with Crippen LogP contribution >= 0.6 is 0 Å². The molecule has 0 spiro atoms. The van der Waals surface area contributed by atoms with Crippen LogP contribution < -0.4 is 10.3 Å². The number of hydrogen-bond donors (Lipinski definition) is 1. The predicted octanol–water partition coefficient (Wildman–Crippen LogP) is 2.61. The maximum Gasteiger partial charge on any atom is 0.266 e. The molecule has 0 atom stereocenters. The van der Waals surface area contributed by atoms with Crippen molar-refractivity contribution >= 4 is 21.7 Å². The van der Waals surface area contributed by atoms with Gasteiger partial charge in [0.15, 0.2) is 5.78 Å². The minimum absolute atomic E-state index is 0.110. The van der Waals surface area contributed by atoms with Crippen LogP contribution in [0.4, 0.5) is 4.39 Å². The molecule has 158 valence electrons. The topological polar surface area (TPSA) is 102 Å². The molecule has 0 unspecified atom stereocenters. The number of hydrogen-bond acceptors (Lipinski definition) is 5. The number of nitrogens with zero attached hydrogens (tertiary/aromatic N) is 1.